The zero-order valence-electron chi connectivity index (χ0n) is 14.0. The first-order valence-corrected chi connectivity index (χ1v) is 8.52. The highest BCUT2D eigenvalue weighted by Gasteiger charge is 2.52. The summed E-state index contributed by atoms with van der Waals surface area (Å²) in [6, 6.07) is 14.1. The molecule has 0 radical (unpaired) electrons. The van der Waals surface area contributed by atoms with Crippen LogP contribution in [0.4, 0.5) is 0 Å². The molecule has 2 fully saturated rings. The molecule has 2 saturated heterocycles. The molecule has 1 aromatic rings. The molecular weight excluding hydrogens is 316 g/mol. The van der Waals surface area contributed by atoms with Crippen LogP contribution in [-0.4, -0.2) is 41.2 Å². The van der Waals surface area contributed by atoms with Gasteiger partial charge < -0.3 is 0 Å². The normalized spacial score (nSPS) is 24.0. The molecule has 6 heteroatoms. The third-order valence-corrected chi connectivity index (χ3v) is 5.00. The number of likely N-dealkylation sites (tertiary alicyclic amines) is 2. The number of amides is 2. The number of benzene rings is 1. The van der Waals surface area contributed by atoms with Crippen molar-refractivity contribution in [1.82, 2.24) is 9.80 Å². The van der Waals surface area contributed by atoms with Crippen molar-refractivity contribution in [3.05, 3.63) is 35.9 Å². The van der Waals surface area contributed by atoms with Gasteiger partial charge in [0, 0.05) is 32.6 Å². The largest absolute Gasteiger partial charge is 0.297 e. The molecule has 2 amide bonds. The summed E-state index contributed by atoms with van der Waals surface area (Å²) in [5, 5.41) is 17.8. The number of carbonyl (C=O) groups is 2. The Bertz CT molecular complexity index is 710. The number of nitriles is 2. The molecule has 0 spiro atoms. The molecule has 2 aliphatic rings. The first-order valence-electron chi connectivity index (χ1n) is 8.52. The second kappa shape index (κ2) is 7.46. The van der Waals surface area contributed by atoms with Gasteiger partial charge in [-0.25, -0.2) is 0 Å². The van der Waals surface area contributed by atoms with Crippen LogP contribution in [0.25, 0.3) is 0 Å². The highest BCUT2D eigenvalue weighted by molar-refractivity contribution is 6.05. The van der Waals surface area contributed by atoms with E-state index in [2.05, 4.69) is 11.0 Å². The van der Waals surface area contributed by atoms with Gasteiger partial charge in [-0.05, 0) is 12.0 Å². The number of rotatable bonds is 6. The number of fused-ring (bicyclic) bond motifs is 1. The maximum absolute atomic E-state index is 12.6. The number of nitrogens with zero attached hydrogens (tertiary/aromatic N) is 4. The van der Waals surface area contributed by atoms with E-state index in [4.69, 9.17) is 5.26 Å². The second-order valence-corrected chi connectivity index (χ2v) is 6.70. The summed E-state index contributed by atoms with van der Waals surface area (Å²) < 4.78 is 0. The van der Waals surface area contributed by atoms with Crippen molar-refractivity contribution in [1.29, 1.82) is 10.5 Å². The molecule has 0 N–H and O–H groups in total. The van der Waals surface area contributed by atoms with Gasteiger partial charge >= 0.3 is 0 Å². The summed E-state index contributed by atoms with van der Waals surface area (Å²) in [5.41, 5.74) is 1.17. The Labute approximate surface area is 147 Å². The molecule has 2 heterocycles. The highest BCUT2D eigenvalue weighted by Crippen LogP contribution is 2.34. The maximum Gasteiger partial charge on any atom is 0.234 e. The first kappa shape index (κ1) is 17.1. The first-order chi connectivity index (χ1) is 12.1. The fourth-order valence-corrected chi connectivity index (χ4v) is 3.70. The van der Waals surface area contributed by atoms with Crippen molar-refractivity contribution in [3.63, 3.8) is 0 Å². The van der Waals surface area contributed by atoms with E-state index in [-0.39, 0.29) is 36.6 Å². The van der Waals surface area contributed by atoms with Crippen LogP contribution < -0.4 is 0 Å². The van der Waals surface area contributed by atoms with Gasteiger partial charge in [0.05, 0.1) is 29.9 Å². The van der Waals surface area contributed by atoms with Gasteiger partial charge in [-0.1, -0.05) is 30.3 Å². The van der Waals surface area contributed by atoms with Crippen LogP contribution in [0.15, 0.2) is 30.3 Å². The zero-order valence-corrected chi connectivity index (χ0v) is 14.0. The molecule has 25 heavy (non-hydrogen) atoms. The summed E-state index contributed by atoms with van der Waals surface area (Å²) >= 11 is 0. The minimum atomic E-state index is -0.466. The van der Waals surface area contributed by atoms with Crippen molar-refractivity contribution in [2.45, 2.75) is 19.4 Å². The Morgan fingerprint density at radius 2 is 1.72 bits per heavy atom. The lowest BCUT2D eigenvalue weighted by atomic mass is 10.00. The van der Waals surface area contributed by atoms with Crippen LogP contribution >= 0.6 is 0 Å². The van der Waals surface area contributed by atoms with Gasteiger partial charge in [0.15, 0.2) is 0 Å². The van der Waals surface area contributed by atoms with E-state index in [9.17, 15) is 14.9 Å². The third-order valence-electron chi connectivity index (χ3n) is 5.00. The van der Waals surface area contributed by atoms with Crippen molar-refractivity contribution >= 4 is 11.8 Å². The van der Waals surface area contributed by atoms with Crippen molar-refractivity contribution in [2.75, 3.05) is 19.6 Å². The second-order valence-electron chi connectivity index (χ2n) is 6.70. The van der Waals surface area contributed by atoms with Gasteiger partial charge in [0.25, 0.3) is 0 Å². The van der Waals surface area contributed by atoms with E-state index in [1.165, 1.54) is 10.5 Å². The number of carbonyl (C=O) groups excluding carboxylic acids is 2. The lowest BCUT2D eigenvalue weighted by Crippen LogP contribution is -2.38. The average molecular weight is 336 g/mol. The predicted molar refractivity (Wildman–Crippen MR) is 89.4 cm³/mol. The van der Waals surface area contributed by atoms with Gasteiger partial charge in [0.1, 0.15) is 0 Å². The Morgan fingerprint density at radius 1 is 1.08 bits per heavy atom. The smallest absolute Gasteiger partial charge is 0.234 e. The van der Waals surface area contributed by atoms with Gasteiger partial charge in [0.2, 0.25) is 11.8 Å². The molecule has 0 unspecified atom stereocenters. The zero-order chi connectivity index (χ0) is 17.8. The monoisotopic (exact) mass is 336 g/mol. The maximum atomic E-state index is 12.6. The van der Waals surface area contributed by atoms with Crippen LogP contribution in [-0.2, 0) is 16.1 Å². The van der Waals surface area contributed by atoms with Crippen molar-refractivity contribution in [2.24, 2.45) is 17.8 Å². The summed E-state index contributed by atoms with van der Waals surface area (Å²) in [4.78, 5) is 28.6. The third kappa shape index (κ3) is 3.55. The average Bonchev–Trinajstić information content (AvgIpc) is 3.13. The summed E-state index contributed by atoms with van der Waals surface area (Å²) in [6.45, 7) is 2.00. The highest BCUT2D eigenvalue weighted by atomic mass is 16.2. The van der Waals surface area contributed by atoms with Crippen LogP contribution in [0.3, 0.4) is 0 Å². The lowest BCUT2D eigenvalue weighted by Gasteiger charge is -2.22. The van der Waals surface area contributed by atoms with Crippen molar-refractivity contribution < 1.29 is 9.59 Å². The topological polar surface area (TPSA) is 88.2 Å². The molecule has 0 aliphatic carbocycles. The molecule has 3 atom stereocenters. The molecule has 128 valence electrons. The van der Waals surface area contributed by atoms with Crippen LogP contribution in [0.2, 0.25) is 0 Å². The fraction of sp³-hybridized carbons (Fsp3) is 0.474. The molecular formula is C19H20N4O2. The molecule has 0 bridgehead atoms. The Morgan fingerprint density at radius 3 is 2.28 bits per heavy atom. The van der Waals surface area contributed by atoms with E-state index < -0.39 is 5.92 Å². The van der Waals surface area contributed by atoms with Crippen molar-refractivity contribution in [3.8, 4) is 12.1 Å². The minimum Gasteiger partial charge on any atom is -0.297 e. The Balaban J connectivity index is 1.62. The van der Waals surface area contributed by atoms with E-state index >= 15 is 0 Å². The van der Waals surface area contributed by atoms with E-state index in [0.29, 0.717) is 19.5 Å². The SMILES string of the molecule is N#CCC[C@H](C#N)CN1C(=O)[C@H]2CN(Cc3ccccc3)C[C@H]2C1=O. The number of hydrogen-bond donors (Lipinski definition) is 0. The molecule has 6 nitrogen and oxygen atoms in total. The van der Waals surface area contributed by atoms with E-state index in [1.807, 2.05) is 36.4 Å². The van der Waals surface area contributed by atoms with E-state index in [1.54, 1.807) is 0 Å². The predicted octanol–water partition coefficient (Wildman–Crippen LogP) is 1.55. The Hall–Kier alpha value is -2.70. The van der Waals surface area contributed by atoms with Gasteiger partial charge in [-0.2, -0.15) is 10.5 Å². The van der Waals surface area contributed by atoms with Crippen LogP contribution in [0.5, 0.6) is 0 Å². The number of imide groups is 1. The quantitative estimate of drug-likeness (QED) is 0.735. The Kier molecular flexibility index (Phi) is 5.11. The van der Waals surface area contributed by atoms with E-state index in [0.717, 1.165) is 6.54 Å². The summed E-state index contributed by atoms with van der Waals surface area (Å²) in [6.07, 6.45) is 0.645. The molecule has 0 aromatic heterocycles. The van der Waals surface area contributed by atoms with Gasteiger partial charge in [-0.15, -0.1) is 0 Å². The molecule has 3 rings (SSSR count). The molecule has 0 saturated carbocycles. The molecule has 1 aromatic carbocycles. The van der Waals surface area contributed by atoms with Crippen LogP contribution in [0.1, 0.15) is 18.4 Å². The number of hydrogen-bond acceptors (Lipinski definition) is 5. The summed E-state index contributed by atoms with van der Waals surface area (Å²) in [5.74, 6) is -1.39. The molecule has 2 aliphatic heterocycles. The van der Waals surface area contributed by atoms with Crippen LogP contribution in [0, 0.1) is 40.4 Å². The standard InChI is InChI=1S/C19H20N4O2/c20-8-4-7-15(9-21)11-23-18(24)16-12-22(13-17(16)19(23)25)10-14-5-2-1-3-6-14/h1-3,5-6,15-17H,4,7,10-13H2/t15-,16-,17+/m1/s1. The summed E-state index contributed by atoms with van der Waals surface area (Å²) in [7, 11) is 0. The fourth-order valence-electron chi connectivity index (χ4n) is 3.70. The minimum absolute atomic E-state index is 0.113. The van der Waals surface area contributed by atoms with Gasteiger partial charge in [-0.3, -0.25) is 19.4 Å². The lowest BCUT2D eigenvalue weighted by molar-refractivity contribution is -0.141.